The molecule has 1 aliphatic heterocycles. The molecule has 4 nitrogen and oxygen atoms in total. The topological polar surface area (TPSA) is 51.4 Å². The maximum Gasteiger partial charge on any atom is 0.150 e. The number of hydrogen-bond donors (Lipinski definition) is 0. The Morgan fingerprint density at radius 2 is 2.21 bits per heavy atom. The van der Waals surface area contributed by atoms with Crippen molar-refractivity contribution in [1.82, 2.24) is 9.38 Å². The lowest BCUT2D eigenvalue weighted by Crippen LogP contribution is -2.26. The van der Waals surface area contributed by atoms with E-state index in [0.717, 1.165) is 30.6 Å². The highest BCUT2D eigenvalue weighted by molar-refractivity contribution is 7.91. The molecule has 0 N–H and O–H groups in total. The summed E-state index contributed by atoms with van der Waals surface area (Å²) in [4.78, 5) is 4.51. The van der Waals surface area contributed by atoms with Crippen LogP contribution in [0.3, 0.4) is 0 Å². The Bertz CT molecular complexity index is 709. The monoisotopic (exact) mass is 298 g/mol. The van der Waals surface area contributed by atoms with E-state index in [2.05, 4.69) is 4.98 Å². The van der Waals surface area contributed by atoms with E-state index in [4.69, 9.17) is 11.6 Å². The fourth-order valence-electron chi connectivity index (χ4n) is 2.69. The molecular formula is C13H15ClN2O2S. The van der Waals surface area contributed by atoms with Crippen LogP contribution in [0.5, 0.6) is 0 Å². The van der Waals surface area contributed by atoms with Gasteiger partial charge in [-0.2, -0.15) is 0 Å². The third-order valence-corrected chi connectivity index (χ3v) is 5.63. The fraction of sp³-hybridized carbons (Fsp3) is 0.462. The van der Waals surface area contributed by atoms with Crippen LogP contribution in [0.4, 0.5) is 0 Å². The van der Waals surface area contributed by atoms with Crippen LogP contribution >= 0.6 is 11.6 Å². The molecule has 0 amide bonds. The number of rotatable bonds is 2. The summed E-state index contributed by atoms with van der Waals surface area (Å²) in [5, 5.41) is 0.664. The van der Waals surface area contributed by atoms with Crippen LogP contribution < -0.4 is 0 Å². The summed E-state index contributed by atoms with van der Waals surface area (Å²) in [6, 6.07) is 3.67. The van der Waals surface area contributed by atoms with Crippen LogP contribution in [0.2, 0.25) is 5.02 Å². The summed E-state index contributed by atoms with van der Waals surface area (Å²) >= 11 is 5.93. The lowest BCUT2D eigenvalue weighted by molar-refractivity contribution is 0.480. The molecule has 0 aromatic carbocycles. The highest BCUT2D eigenvalue weighted by Gasteiger charge is 2.25. The van der Waals surface area contributed by atoms with Gasteiger partial charge in [-0.3, -0.25) is 0 Å². The standard InChI is InChI=1S/C13H15ClN2O2S/c14-11-3-4-13-15-12(8-16(13)7-11)6-10-2-1-5-19(17,18)9-10/h3-4,7-8,10H,1-2,5-6,9H2. The van der Waals surface area contributed by atoms with Gasteiger partial charge in [0.1, 0.15) is 5.65 Å². The first kappa shape index (κ1) is 12.9. The lowest BCUT2D eigenvalue weighted by atomic mass is 10.00. The first-order chi connectivity index (χ1) is 9.02. The van der Waals surface area contributed by atoms with Crippen LogP contribution in [0.15, 0.2) is 24.5 Å². The van der Waals surface area contributed by atoms with Crippen molar-refractivity contribution in [1.29, 1.82) is 0 Å². The Balaban J connectivity index is 1.81. The first-order valence-electron chi connectivity index (χ1n) is 6.35. The molecule has 1 unspecified atom stereocenters. The number of imidazole rings is 1. The summed E-state index contributed by atoms with van der Waals surface area (Å²) in [7, 11) is -2.84. The molecule has 3 heterocycles. The second kappa shape index (κ2) is 4.80. The van der Waals surface area contributed by atoms with E-state index in [9.17, 15) is 8.42 Å². The van der Waals surface area contributed by atoms with Crippen molar-refractivity contribution >= 4 is 27.1 Å². The van der Waals surface area contributed by atoms with Crippen molar-refractivity contribution in [2.45, 2.75) is 19.3 Å². The highest BCUT2D eigenvalue weighted by Crippen LogP contribution is 2.22. The van der Waals surface area contributed by atoms with E-state index in [-0.39, 0.29) is 5.92 Å². The Morgan fingerprint density at radius 1 is 1.37 bits per heavy atom. The summed E-state index contributed by atoms with van der Waals surface area (Å²) in [6.45, 7) is 0. The van der Waals surface area contributed by atoms with Gasteiger partial charge in [0, 0.05) is 12.4 Å². The SMILES string of the molecule is O=S1(=O)CCCC(Cc2cn3cc(Cl)ccc3n2)C1. The van der Waals surface area contributed by atoms with Gasteiger partial charge in [0.05, 0.1) is 22.2 Å². The Labute approximate surface area is 117 Å². The van der Waals surface area contributed by atoms with Gasteiger partial charge in [-0.25, -0.2) is 13.4 Å². The second-order valence-electron chi connectivity index (χ2n) is 5.17. The molecular weight excluding hydrogens is 284 g/mol. The van der Waals surface area contributed by atoms with Crippen molar-refractivity contribution in [3.05, 3.63) is 35.2 Å². The lowest BCUT2D eigenvalue weighted by Gasteiger charge is -2.20. The van der Waals surface area contributed by atoms with Gasteiger partial charge in [0.2, 0.25) is 0 Å². The van der Waals surface area contributed by atoms with Crippen LogP contribution in [0.25, 0.3) is 5.65 Å². The zero-order valence-corrected chi connectivity index (χ0v) is 12.0. The molecule has 19 heavy (non-hydrogen) atoms. The van der Waals surface area contributed by atoms with Gasteiger partial charge in [-0.15, -0.1) is 0 Å². The van der Waals surface area contributed by atoms with Gasteiger partial charge < -0.3 is 4.40 Å². The molecule has 0 bridgehead atoms. The largest absolute Gasteiger partial charge is 0.305 e. The molecule has 3 rings (SSSR count). The molecule has 0 radical (unpaired) electrons. The minimum atomic E-state index is -2.84. The average Bonchev–Trinajstić information content (AvgIpc) is 2.68. The summed E-state index contributed by atoms with van der Waals surface area (Å²) in [5.74, 6) is 0.824. The molecule has 1 atom stereocenters. The summed E-state index contributed by atoms with van der Waals surface area (Å²) < 4.78 is 25.1. The normalized spacial score (nSPS) is 22.7. The van der Waals surface area contributed by atoms with Crippen molar-refractivity contribution in [2.24, 2.45) is 5.92 Å². The third-order valence-electron chi connectivity index (χ3n) is 3.52. The molecule has 0 spiro atoms. The van der Waals surface area contributed by atoms with Crippen molar-refractivity contribution in [3.8, 4) is 0 Å². The van der Waals surface area contributed by atoms with Gasteiger partial charge in [-0.1, -0.05) is 11.6 Å². The van der Waals surface area contributed by atoms with E-state index in [0.29, 0.717) is 16.5 Å². The second-order valence-corrected chi connectivity index (χ2v) is 7.84. The summed E-state index contributed by atoms with van der Waals surface area (Å²) in [5.41, 5.74) is 1.78. The van der Waals surface area contributed by atoms with Gasteiger partial charge in [0.15, 0.2) is 9.84 Å². The molecule has 0 saturated carbocycles. The zero-order chi connectivity index (χ0) is 13.5. The number of halogens is 1. The number of pyridine rings is 1. The highest BCUT2D eigenvalue weighted by atomic mass is 35.5. The maximum atomic E-state index is 11.6. The Hall–Kier alpha value is -1.07. The summed E-state index contributed by atoms with van der Waals surface area (Å²) in [6.07, 6.45) is 6.20. The van der Waals surface area contributed by atoms with E-state index in [1.54, 1.807) is 6.07 Å². The molecule has 1 aliphatic rings. The maximum absolute atomic E-state index is 11.6. The molecule has 1 saturated heterocycles. The van der Waals surface area contributed by atoms with E-state index in [1.807, 2.05) is 22.9 Å². The number of hydrogen-bond acceptors (Lipinski definition) is 3. The minimum absolute atomic E-state index is 0.194. The quantitative estimate of drug-likeness (QED) is 0.855. The first-order valence-corrected chi connectivity index (χ1v) is 8.55. The Kier molecular flexibility index (Phi) is 3.27. The smallest absolute Gasteiger partial charge is 0.150 e. The molecule has 2 aromatic heterocycles. The number of fused-ring (bicyclic) bond motifs is 1. The van der Waals surface area contributed by atoms with Crippen molar-refractivity contribution in [2.75, 3.05) is 11.5 Å². The zero-order valence-electron chi connectivity index (χ0n) is 10.4. The van der Waals surface area contributed by atoms with E-state index >= 15 is 0 Å². The van der Waals surface area contributed by atoms with Gasteiger partial charge >= 0.3 is 0 Å². The van der Waals surface area contributed by atoms with E-state index < -0.39 is 9.84 Å². The number of sulfone groups is 1. The minimum Gasteiger partial charge on any atom is -0.305 e. The molecule has 0 aliphatic carbocycles. The van der Waals surface area contributed by atoms with Crippen molar-refractivity contribution in [3.63, 3.8) is 0 Å². The predicted octanol–water partition coefficient (Wildman–Crippen LogP) is 2.36. The Morgan fingerprint density at radius 3 is 3.00 bits per heavy atom. The fourth-order valence-corrected chi connectivity index (χ4v) is 4.63. The average molecular weight is 299 g/mol. The van der Waals surface area contributed by atoms with Crippen molar-refractivity contribution < 1.29 is 8.42 Å². The molecule has 2 aromatic rings. The number of nitrogens with zero attached hydrogens (tertiary/aromatic N) is 2. The third kappa shape index (κ3) is 2.92. The molecule has 6 heteroatoms. The molecule has 1 fully saturated rings. The van der Waals surface area contributed by atoms with Crippen LogP contribution in [0.1, 0.15) is 18.5 Å². The van der Waals surface area contributed by atoms with E-state index in [1.165, 1.54) is 0 Å². The van der Waals surface area contributed by atoms with Gasteiger partial charge in [-0.05, 0) is 37.3 Å². The predicted molar refractivity (Wildman–Crippen MR) is 75.3 cm³/mol. The molecule has 102 valence electrons. The number of aromatic nitrogens is 2. The van der Waals surface area contributed by atoms with Crippen LogP contribution in [-0.2, 0) is 16.3 Å². The van der Waals surface area contributed by atoms with Crippen LogP contribution in [0, 0.1) is 5.92 Å². The van der Waals surface area contributed by atoms with Crippen LogP contribution in [-0.4, -0.2) is 29.3 Å². The van der Waals surface area contributed by atoms with Gasteiger partial charge in [0.25, 0.3) is 0 Å².